The maximum absolute atomic E-state index is 11.5. The third-order valence-corrected chi connectivity index (χ3v) is 2.97. The smallest absolute Gasteiger partial charge is 0.337 e. The fourth-order valence-electron chi connectivity index (χ4n) is 2.02. The van der Waals surface area contributed by atoms with Gasteiger partial charge < -0.3 is 10.5 Å². The molecule has 1 aromatic carbocycles. The van der Waals surface area contributed by atoms with Crippen LogP contribution >= 0.6 is 0 Å². The van der Waals surface area contributed by atoms with Gasteiger partial charge in [-0.3, -0.25) is 0 Å². The number of hydrogen-bond acceptors (Lipinski definition) is 5. The van der Waals surface area contributed by atoms with Gasteiger partial charge in [0.25, 0.3) is 0 Å². The number of carbonyl (C=O) groups excluding carboxylic acids is 1. The molecule has 0 aliphatic rings. The predicted molar refractivity (Wildman–Crippen MR) is 74.2 cm³/mol. The highest BCUT2D eigenvalue weighted by Crippen LogP contribution is 2.22. The summed E-state index contributed by atoms with van der Waals surface area (Å²) >= 11 is 0. The second kappa shape index (κ2) is 4.65. The molecule has 0 spiro atoms. The normalized spacial score (nSPS) is 10.7. The van der Waals surface area contributed by atoms with E-state index in [0.29, 0.717) is 11.2 Å². The Balaban J connectivity index is 2.08. The van der Waals surface area contributed by atoms with Crippen LogP contribution in [0.4, 0.5) is 5.95 Å². The number of pyridine rings is 1. The van der Waals surface area contributed by atoms with E-state index in [4.69, 9.17) is 10.5 Å². The maximum Gasteiger partial charge on any atom is 0.337 e. The molecule has 0 atom stereocenters. The largest absolute Gasteiger partial charge is 0.465 e. The minimum atomic E-state index is -0.361. The first-order valence-corrected chi connectivity index (χ1v) is 5.98. The van der Waals surface area contributed by atoms with Gasteiger partial charge in [0.1, 0.15) is 0 Å². The molecule has 0 aliphatic carbocycles. The number of nitrogen functional groups attached to an aromatic ring is 1. The standard InChI is InChI=1S/C14H12N4O2/c1-20-13(19)11-4-2-3-9(7-11)10-5-6-18-12(8-10)16-14(15)17-18/h2-8H,1H3,(H2,15,17). The van der Waals surface area contributed by atoms with E-state index < -0.39 is 0 Å². The minimum Gasteiger partial charge on any atom is -0.465 e. The Labute approximate surface area is 114 Å². The van der Waals surface area contributed by atoms with Crippen molar-refractivity contribution in [3.63, 3.8) is 0 Å². The number of nitrogens with two attached hydrogens (primary N) is 1. The van der Waals surface area contributed by atoms with Gasteiger partial charge in [0.15, 0.2) is 5.65 Å². The first-order chi connectivity index (χ1) is 9.67. The molecule has 0 saturated heterocycles. The van der Waals surface area contributed by atoms with E-state index in [-0.39, 0.29) is 11.9 Å². The monoisotopic (exact) mass is 268 g/mol. The molecule has 0 radical (unpaired) electrons. The van der Waals surface area contributed by atoms with Crippen molar-refractivity contribution in [3.05, 3.63) is 48.2 Å². The van der Waals surface area contributed by atoms with Crippen LogP contribution in [0.15, 0.2) is 42.6 Å². The fraction of sp³-hybridized carbons (Fsp3) is 0.0714. The molecule has 0 unspecified atom stereocenters. The van der Waals surface area contributed by atoms with Crippen LogP contribution in [0.3, 0.4) is 0 Å². The van der Waals surface area contributed by atoms with E-state index in [1.807, 2.05) is 24.3 Å². The number of ether oxygens (including phenoxy) is 1. The molecule has 2 heterocycles. The van der Waals surface area contributed by atoms with Crippen molar-refractivity contribution in [3.8, 4) is 11.1 Å². The van der Waals surface area contributed by atoms with E-state index >= 15 is 0 Å². The molecular weight excluding hydrogens is 256 g/mol. The summed E-state index contributed by atoms with van der Waals surface area (Å²) in [6, 6.07) is 11.0. The quantitative estimate of drug-likeness (QED) is 0.716. The molecule has 20 heavy (non-hydrogen) atoms. The SMILES string of the molecule is COC(=O)c1cccc(-c2ccn3nc(N)nc3c2)c1. The van der Waals surface area contributed by atoms with Crippen LogP contribution in [-0.2, 0) is 4.74 Å². The summed E-state index contributed by atoms with van der Waals surface area (Å²) in [7, 11) is 1.36. The van der Waals surface area contributed by atoms with Crippen molar-refractivity contribution in [1.82, 2.24) is 14.6 Å². The van der Waals surface area contributed by atoms with E-state index in [1.54, 1.807) is 22.8 Å². The van der Waals surface area contributed by atoms with Gasteiger partial charge in [0, 0.05) is 6.20 Å². The Morgan fingerprint density at radius 2 is 2.05 bits per heavy atom. The third kappa shape index (κ3) is 2.07. The van der Waals surface area contributed by atoms with E-state index in [2.05, 4.69) is 10.1 Å². The first kappa shape index (κ1) is 12.2. The highest BCUT2D eigenvalue weighted by Gasteiger charge is 2.08. The fourth-order valence-corrected chi connectivity index (χ4v) is 2.02. The minimum absolute atomic E-state index is 0.227. The predicted octanol–water partition coefficient (Wildman–Crippen LogP) is 1.77. The summed E-state index contributed by atoms with van der Waals surface area (Å²) < 4.78 is 6.32. The molecule has 0 fully saturated rings. The van der Waals surface area contributed by atoms with Gasteiger partial charge in [-0.1, -0.05) is 12.1 Å². The van der Waals surface area contributed by atoms with Gasteiger partial charge in [-0.25, -0.2) is 9.31 Å². The Bertz CT molecular complexity index is 795. The summed E-state index contributed by atoms with van der Waals surface area (Å²) in [5.41, 5.74) is 8.54. The second-order valence-electron chi connectivity index (χ2n) is 4.26. The Hall–Kier alpha value is -2.89. The van der Waals surface area contributed by atoms with Crippen molar-refractivity contribution >= 4 is 17.6 Å². The molecule has 2 aromatic heterocycles. The average Bonchev–Trinajstić information content (AvgIpc) is 2.85. The molecule has 3 aromatic rings. The van der Waals surface area contributed by atoms with Gasteiger partial charge in [0.05, 0.1) is 12.7 Å². The zero-order chi connectivity index (χ0) is 14.1. The van der Waals surface area contributed by atoms with Crippen LogP contribution < -0.4 is 5.73 Å². The van der Waals surface area contributed by atoms with Gasteiger partial charge in [-0.15, -0.1) is 5.10 Å². The molecule has 0 saturated carbocycles. The number of esters is 1. The van der Waals surface area contributed by atoms with Crippen molar-refractivity contribution in [1.29, 1.82) is 0 Å². The second-order valence-corrected chi connectivity index (χ2v) is 4.26. The number of nitrogens with zero attached hydrogens (tertiary/aromatic N) is 3. The lowest BCUT2D eigenvalue weighted by Crippen LogP contribution is -2.00. The van der Waals surface area contributed by atoms with E-state index in [1.165, 1.54) is 7.11 Å². The lowest BCUT2D eigenvalue weighted by molar-refractivity contribution is 0.0601. The third-order valence-electron chi connectivity index (χ3n) is 2.97. The van der Waals surface area contributed by atoms with Crippen molar-refractivity contribution in [2.75, 3.05) is 12.8 Å². The van der Waals surface area contributed by atoms with Crippen molar-refractivity contribution in [2.45, 2.75) is 0 Å². The van der Waals surface area contributed by atoms with Gasteiger partial charge in [-0.2, -0.15) is 4.98 Å². The Morgan fingerprint density at radius 3 is 2.85 bits per heavy atom. The van der Waals surface area contributed by atoms with E-state index in [0.717, 1.165) is 11.1 Å². The van der Waals surface area contributed by atoms with Crippen LogP contribution in [0.5, 0.6) is 0 Å². The van der Waals surface area contributed by atoms with Crippen LogP contribution in [0, 0.1) is 0 Å². The van der Waals surface area contributed by atoms with Crippen molar-refractivity contribution < 1.29 is 9.53 Å². The molecule has 0 aliphatic heterocycles. The molecule has 100 valence electrons. The van der Waals surface area contributed by atoms with Crippen LogP contribution in [-0.4, -0.2) is 27.7 Å². The maximum atomic E-state index is 11.5. The number of fused-ring (bicyclic) bond motifs is 1. The molecule has 0 amide bonds. The van der Waals surface area contributed by atoms with Crippen LogP contribution in [0.2, 0.25) is 0 Å². The number of carbonyl (C=O) groups is 1. The molecule has 6 heteroatoms. The summed E-state index contributed by atoms with van der Waals surface area (Å²) in [4.78, 5) is 15.7. The summed E-state index contributed by atoms with van der Waals surface area (Å²) in [6.07, 6.45) is 1.78. The number of methoxy groups -OCH3 is 1. The topological polar surface area (TPSA) is 82.5 Å². The summed E-state index contributed by atoms with van der Waals surface area (Å²) in [5, 5.41) is 4.02. The van der Waals surface area contributed by atoms with Crippen LogP contribution in [0.25, 0.3) is 16.8 Å². The molecule has 2 N–H and O–H groups in total. The number of aromatic nitrogens is 3. The summed E-state index contributed by atoms with van der Waals surface area (Å²) in [6.45, 7) is 0. The molecule has 3 rings (SSSR count). The highest BCUT2D eigenvalue weighted by molar-refractivity contribution is 5.91. The average molecular weight is 268 g/mol. The van der Waals surface area contributed by atoms with Gasteiger partial charge in [0.2, 0.25) is 5.95 Å². The van der Waals surface area contributed by atoms with Crippen LogP contribution in [0.1, 0.15) is 10.4 Å². The van der Waals surface area contributed by atoms with Crippen molar-refractivity contribution in [2.24, 2.45) is 0 Å². The molecular formula is C14H12N4O2. The number of anilines is 1. The first-order valence-electron chi connectivity index (χ1n) is 5.98. The van der Waals surface area contributed by atoms with Gasteiger partial charge in [-0.05, 0) is 35.4 Å². The number of rotatable bonds is 2. The van der Waals surface area contributed by atoms with Gasteiger partial charge >= 0.3 is 5.97 Å². The summed E-state index contributed by atoms with van der Waals surface area (Å²) in [5.74, 6) is -0.134. The molecule has 0 bridgehead atoms. The number of hydrogen-bond donors (Lipinski definition) is 1. The zero-order valence-corrected chi connectivity index (χ0v) is 10.8. The Morgan fingerprint density at radius 1 is 1.25 bits per heavy atom. The number of benzene rings is 1. The van der Waals surface area contributed by atoms with E-state index in [9.17, 15) is 4.79 Å². The zero-order valence-electron chi connectivity index (χ0n) is 10.8. The lowest BCUT2D eigenvalue weighted by atomic mass is 10.0. The Kier molecular flexibility index (Phi) is 2.83. The molecule has 6 nitrogen and oxygen atoms in total. The lowest BCUT2D eigenvalue weighted by Gasteiger charge is -2.04. The highest BCUT2D eigenvalue weighted by atomic mass is 16.5.